The first kappa shape index (κ1) is 13.0. The van der Waals surface area contributed by atoms with Crippen LogP contribution < -0.4 is 10.5 Å². The van der Waals surface area contributed by atoms with Crippen LogP contribution in [0.1, 0.15) is 24.6 Å². The average Bonchev–Trinajstić information content (AvgIpc) is 2.97. The van der Waals surface area contributed by atoms with Crippen LogP contribution in [0.5, 0.6) is 5.88 Å². The van der Waals surface area contributed by atoms with Gasteiger partial charge in [0.25, 0.3) is 0 Å². The molecule has 1 saturated heterocycles. The van der Waals surface area contributed by atoms with E-state index in [1.807, 2.05) is 6.92 Å². The Morgan fingerprint density at radius 2 is 2.45 bits per heavy atom. The largest absolute Gasteiger partial charge is 0.420 e. The van der Waals surface area contributed by atoms with Crippen molar-refractivity contribution in [2.24, 2.45) is 5.73 Å². The van der Waals surface area contributed by atoms with Gasteiger partial charge in [-0.15, -0.1) is 5.10 Å². The van der Waals surface area contributed by atoms with Crippen LogP contribution in [0.3, 0.4) is 0 Å². The zero-order valence-electron chi connectivity index (χ0n) is 11.4. The number of methoxy groups -OCH3 is 1. The molecule has 20 heavy (non-hydrogen) atoms. The smallest absolute Gasteiger partial charge is 0.244 e. The quantitative estimate of drug-likeness (QED) is 0.823. The maximum Gasteiger partial charge on any atom is 0.244 e. The molecule has 0 radical (unpaired) electrons. The predicted octanol–water partition coefficient (Wildman–Crippen LogP) is 0.689. The van der Waals surface area contributed by atoms with Gasteiger partial charge < -0.3 is 19.9 Å². The molecule has 0 bridgehead atoms. The number of hydrogen-bond acceptors (Lipinski definition) is 6. The Labute approximate surface area is 116 Å². The Morgan fingerprint density at radius 1 is 1.65 bits per heavy atom. The first-order valence-electron chi connectivity index (χ1n) is 6.41. The Hall–Kier alpha value is -2.04. The summed E-state index contributed by atoms with van der Waals surface area (Å²) in [7, 11) is 1.60. The summed E-state index contributed by atoms with van der Waals surface area (Å²) in [5, 5.41) is 16.6. The third kappa shape index (κ3) is 1.49. The van der Waals surface area contributed by atoms with Crippen molar-refractivity contribution in [1.82, 2.24) is 10.2 Å². The molecule has 3 N–H and O–H groups in total. The molecule has 7 nitrogen and oxygen atoms in total. The van der Waals surface area contributed by atoms with Gasteiger partial charge in [-0.2, -0.15) is 5.26 Å². The molecule has 106 valence electrons. The third-order valence-electron chi connectivity index (χ3n) is 4.11. The van der Waals surface area contributed by atoms with Gasteiger partial charge in [-0.05, 0) is 13.3 Å². The van der Waals surface area contributed by atoms with Crippen molar-refractivity contribution in [3.05, 3.63) is 22.7 Å². The first-order valence-corrected chi connectivity index (χ1v) is 6.41. The normalized spacial score (nSPS) is 28.4. The van der Waals surface area contributed by atoms with Gasteiger partial charge in [0.2, 0.25) is 11.8 Å². The van der Waals surface area contributed by atoms with Crippen molar-refractivity contribution >= 4 is 0 Å². The van der Waals surface area contributed by atoms with Gasteiger partial charge >= 0.3 is 0 Å². The first-order chi connectivity index (χ1) is 9.65. The molecule has 1 aromatic heterocycles. The average molecular weight is 276 g/mol. The number of nitrogens with zero attached hydrogens (tertiary/aromatic N) is 2. The lowest BCUT2D eigenvalue weighted by atomic mass is 9.69. The lowest BCUT2D eigenvalue weighted by molar-refractivity contribution is 0.0987. The van der Waals surface area contributed by atoms with Gasteiger partial charge in [-0.25, -0.2) is 0 Å². The van der Waals surface area contributed by atoms with E-state index < -0.39 is 5.41 Å². The molecule has 1 spiro atoms. The minimum atomic E-state index is -0.604. The van der Waals surface area contributed by atoms with Crippen LogP contribution in [0.15, 0.2) is 11.5 Å². The van der Waals surface area contributed by atoms with E-state index in [1.54, 1.807) is 7.11 Å². The molecule has 1 aromatic rings. The number of aromatic nitrogens is 2. The molecule has 0 unspecified atom stereocenters. The second-order valence-corrected chi connectivity index (χ2v) is 5.00. The number of H-pyrrole nitrogens is 1. The van der Waals surface area contributed by atoms with Crippen LogP contribution in [0.2, 0.25) is 0 Å². The fourth-order valence-corrected chi connectivity index (χ4v) is 3.20. The summed E-state index contributed by atoms with van der Waals surface area (Å²) in [6.45, 7) is 2.87. The van der Waals surface area contributed by atoms with E-state index >= 15 is 0 Å². The molecule has 0 aromatic carbocycles. The van der Waals surface area contributed by atoms with E-state index in [-0.39, 0.29) is 12.0 Å². The number of nitrogens with two attached hydrogens (primary N) is 1. The van der Waals surface area contributed by atoms with Gasteiger partial charge in [0, 0.05) is 13.7 Å². The summed E-state index contributed by atoms with van der Waals surface area (Å²) in [5.74, 6) is 0.513. The molecule has 0 aliphatic carbocycles. The monoisotopic (exact) mass is 276 g/mol. The van der Waals surface area contributed by atoms with Crippen molar-refractivity contribution in [1.29, 1.82) is 5.26 Å². The molecule has 2 aliphatic heterocycles. The number of aromatic amines is 1. The molecule has 3 rings (SSSR count). The summed E-state index contributed by atoms with van der Waals surface area (Å²) in [6.07, 6.45) is 0.497. The molecule has 0 amide bonds. The van der Waals surface area contributed by atoms with Crippen LogP contribution in [-0.2, 0) is 21.5 Å². The predicted molar refractivity (Wildman–Crippen MR) is 68.5 cm³/mol. The number of ether oxygens (including phenoxy) is 3. The van der Waals surface area contributed by atoms with E-state index in [2.05, 4.69) is 16.3 Å². The second kappa shape index (κ2) is 4.51. The minimum Gasteiger partial charge on any atom is -0.420 e. The molecule has 1 fully saturated rings. The fraction of sp³-hybridized carbons (Fsp3) is 0.538. The van der Waals surface area contributed by atoms with Gasteiger partial charge in [0.1, 0.15) is 11.6 Å². The molecule has 2 atom stereocenters. The van der Waals surface area contributed by atoms with Crippen molar-refractivity contribution in [3.63, 3.8) is 0 Å². The Balaban J connectivity index is 2.24. The number of rotatable bonds is 2. The molecular weight excluding hydrogens is 260 g/mol. The van der Waals surface area contributed by atoms with Crippen LogP contribution in [0, 0.1) is 11.3 Å². The molecule has 7 heteroatoms. The van der Waals surface area contributed by atoms with Gasteiger partial charge in [-0.3, -0.25) is 5.10 Å². The number of fused-ring (bicyclic) bond motifs is 2. The Bertz CT molecular complexity index is 616. The topological polar surface area (TPSA) is 106 Å². The summed E-state index contributed by atoms with van der Waals surface area (Å²) in [5.41, 5.74) is 7.33. The van der Waals surface area contributed by atoms with Crippen molar-refractivity contribution in [3.8, 4) is 11.9 Å². The van der Waals surface area contributed by atoms with E-state index in [9.17, 15) is 5.26 Å². The highest BCUT2D eigenvalue weighted by atomic mass is 16.5. The van der Waals surface area contributed by atoms with Gasteiger partial charge in [0.15, 0.2) is 0 Å². The zero-order valence-corrected chi connectivity index (χ0v) is 11.4. The number of hydrogen-bond donors (Lipinski definition) is 2. The Morgan fingerprint density at radius 3 is 3.05 bits per heavy atom. The SMILES string of the molecule is COCc1[nH]nc2c1[C@]1(CCO[C@@H]1C)C(C#N)=C(N)O2. The summed E-state index contributed by atoms with van der Waals surface area (Å²) >= 11 is 0. The lowest BCUT2D eigenvalue weighted by Crippen LogP contribution is -2.41. The highest BCUT2D eigenvalue weighted by Gasteiger charge is 2.54. The maximum atomic E-state index is 9.50. The van der Waals surface area contributed by atoms with Crippen LogP contribution >= 0.6 is 0 Å². The van der Waals surface area contributed by atoms with Gasteiger partial charge in [-0.1, -0.05) is 0 Å². The molecule has 2 aliphatic rings. The zero-order chi connectivity index (χ0) is 14.3. The molecule has 3 heterocycles. The lowest BCUT2D eigenvalue weighted by Gasteiger charge is -2.35. The Kier molecular flexibility index (Phi) is 2.92. The molecule has 0 saturated carbocycles. The van der Waals surface area contributed by atoms with E-state index in [1.165, 1.54) is 0 Å². The summed E-state index contributed by atoms with van der Waals surface area (Å²) in [4.78, 5) is 0. The van der Waals surface area contributed by atoms with E-state index in [4.69, 9.17) is 19.9 Å². The third-order valence-corrected chi connectivity index (χ3v) is 4.11. The van der Waals surface area contributed by atoms with Gasteiger partial charge in [0.05, 0.1) is 29.4 Å². The van der Waals surface area contributed by atoms with Crippen molar-refractivity contribution in [2.75, 3.05) is 13.7 Å². The number of nitrogens with one attached hydrogen (secondary N) is 1. The van der Waals surface area contributed by atoms with E-state index in [0.717, 1.165) is 11.3 Å². The van der Waals surface area contributed by atoms with Crippen LogP contribution in [-0.4, -0.2) is 30.0 Å². The van der Waals surface area contributed by atoms with E-state index in [0.29, 0.717) is 31.1 Å². The highest BCUT2D eigenvalue weighted by molar-refractivity contribution is 5.55. The fourth-order valence-electron chi connectivity index (χ4n) is 3.20. The summed E-state index contributed by atoms with van der Waals surface area (Å²) < 4.78 is 16.4. The van der Waals surface area contributed by atoms with Crippen LogP contribution in [0.25, 0.3) is 0 Å². The highest BCUT2D eigenvalue weighted by Crippen LogP contribution is 2.51. The second-order valence-electron chi connectivity index (χ2n) is 5.00. The van der Waals surface area contributed by atoms with Crippen molar-refractivity contribution < 1.29 is 14.2 Å². The molecular formula is C13H16N4O3. The summed E-state index contributed by atoms with van der Waals surface area (Å²) in [6, 6.07) is 2.18. The standard InChI is InChI=1S/C13H16N4O3/c1-7-13(3-4-19-7)8(5-14)11(15)20-12-10(13)9(6-18-2)16-17-12/h7H,3-4,6,15H2,1-2H3,(H,16,17)/t7-,13+/m1/s1. The number of nitriles is 1. The minimum absolute atomic E-state index is 0.104. The van der Waals surface area contributed by atoms with Crippen molar-refractivity contribution in [2.45, 2.75) is 31.5 Å². The maximum absolute atomic E-state index is 9.50. The van der Waals surface area contributed by atoms with Crippen LogP contribution in [0.4, 0.5) is 0 Å².